The monoisotopic (exact) mass is 237 g/mol. The quantitative estimate of drug-likeness (QED) is 0.818. The van der Waals surface area contributed by atoms with Gasteiger partial charge in [0.2, 0.25) is 0 Å². The molecular weight excluding hydrogens is 226 g/mol. The van der Waals surface area contributed by atoms with Crippen LogP contribution in [-0.4, -0.2) is 24.1 Å². The summed E-state index contributed by atoms with van der Waals surface area (Å²) in [6.07, 6.45) is 1.78. The number of rotatable bonds is 4. The van der Waals surface area contributed by atoms with Crippen LogP contribution in [-0.2, 0) is 16.1 Å². The molecule has 0 N–H and O–H groups in total. The lowest BCUT2D eigenvalue weighted by Gasteiger charge is -2.03. The fourth-order valence-electron chi connectivity index (χ4n) is 1.73. The minimum absolute atomic E-state index is 0.0277. The Morgan fingerprint density at radius 1 is 1.44 bits per heavy atom. The van der Waals surface area contributed by atoms with Gasteiger partial charge in [0.15, 0.2) is 5.78 Å². The molecule has 0 aliphatic rings. The highest BCUT2D eigenvalue weighted by atomic mass is 35.5. The van der Waals surface area contributed by atoms with Crippen LogP contribution in [0.3, 0.4) is 0 Å². The van der Waals surface area contributed by atoms with E-state index in [9.17, 15) is 4.79 Å². The zero-order valence-corrected chi connectivity index (χ0v) is 9.70. The van der Waals surface area contributed by atoms with Gasteiger partial charge in [-0.25, -0.2) is 0 Å². The molecule has 1 aromatic carbocycles. The predicted octanol–water partition coefficient (Wildman–Crippen LogP) is 2.51. The van der Waals surface area contributed by atoms with Gasteiger partial charge in [-0.15, -0.1) is 0 Å². The Bertz CT molecular complexity index is 519. The highest BCUT2D eigenvalue weighted by molar-refractivity contribution is 6.35. The van der Waals surface area contributed by atoms with Gasteiger partial charge in [-0.2, -0.15) is 0 Å². The van der Waals surface area contributed by atoms with Crippen molar-refractivity contribution in [1.82, 2.24) is 4.57 Å². The Morgan fingerprint density at radius 3 is 2.94 bits per heavy atom. The fourth-order valence-corrected chi connectivity index (χ4v) is 2.01. The molecule has 0 radical (unpaired) electrons. The van der Waals surface area contributed by atoms with Gasteiger partial charge in [0.1, 0.15) is 6.61 Å². The van der Waals surface area contributed by atoms with Gasteiger partial charge in [0, 0.05) is 24.2 Å². The lowest BCUT2D eigenvalue weighted by Crippen LogP contribution is -2.14. The van der Waals surface area contributed by atoms with Crippen molar-refractivity contribution >= 4 is 28.3 Å². The maximum Gasteiger partial charge on any atom is 0.178 e. The van der Waals surface area contributed by atoms with Crippen molar-refractivity contribution in [2.24, 2.45) is 0 Å². The third kappa shape index (κ3) is 2.10. The predicted molar refractivity (Wildman–Crippen MR) is 63.8 cm³/mol. The van der Waals surface area contributed by atoms with E-state index in [1.165, 1.54) is 7.11 Å². The summed E-state index contributed by atoms with van der Waals surface area (Å²) < 4.78 is 6.65. The van der Waals surface area contributed by atoms with Crippen molar-refractivity contribution in [2.75, 3.05) is 13.7 Å². The first-order valence-electron chi connectivity index (χ1n) is 4.96. The lowest BCUT2D eigenvalue weighted by molar-refractivity contribution is -0.123. The number of ketones is 1. The molecule has 84 valence electrons. The number of nitrogens with zero attached hydrogens (tertiary/aromatic N) is 1. The highest BCUT2D eigenvalue weighted by Crippen LogP contribution is 2.25. The largest absolute Gasteiger partial charge is 0.377 e. The summed E-state index contributed by atoms with van der Waals surface area (Å²) in [5, 5.41) is 1.63. The molecule has 0 bridgehead atoms. The number of carbonyl (C=O) groups is 1. The Labute approximate surface area is 98.6 Å². The molecule has 0 amide bonds. The molecule has 2 aromatic rings. The van der Waals surface area contributed by atoms with E-state index in [-0.39, 0.29) is 12.4 Å². The van der Waals surface area contributed by atoms with E-state index in [2.05, 4.69) is 0 Å². The van der Waals surface area contributed by atoms with Crippen molar-refractivity contribution in [1.29, 1.82) is 0 Å². The van der Waals surface area contributed by atoms with Crippen LogP contribution in [0.1, 0.15) is 0 Å². The van der Waals surface area contributed by atoms with Crippen molar-refractivity contribution in [3.05, 3.63) is 35.5 Å². The molecule has 0 spiro atoms. The van der Waals surface area contributed by atoms with Crippen LogP contribution in [0, 0.1) is 0 Å². The van der Waals surface area contributed by atoms with Crippen LogP contribution < -0.4 is 0 Å². The van der Waals surface area contributed by atoms with Gasteiger partial charge in [-0.3, -0.25) is 4.79 Å². The first kappa shape index (κ1) is 11.2. The van der Waals surface area contributed by atoms with Crippen LogP contribution in [0.5, 0.6) is 0 Å². The molecule has 4 heteroatoms. The zero-order chi connectivity index (χ0) is 11.5. The van der Waals surface area contributed by atoms with Crippen LogP contribution >= 0.6 is 11.6 Å². The van der Waals surface area contributed by atoms with Crippen LogP contribution in [0.25, 0.3) is 10.9 Å². The molecule has 1 heterocycles. The van der Waals surface area contributed by atoms with Crippen molar-refractivity contribution in [2.45, 2.75) is 6.54 Å². The van der Waals surface area contributed by atoms with Gasteiger partial charge in [-0.05, 0) is 6.07 Å². The highest BCUT2D eigenvalue weighted by Gasteiger charge is 2.08. The van der Waals surface area contributed by atoms with Crippen molar-refractivity contribution in [3.63, 3.8) is 0 Å². The van der Waals surface area contributed by atoms with Gasteiger partial charge < -0.3 is 9.30 Å². The second-order valence-corrected chi connectivity index (χ2v) is 4.00. The molecule has 1 aromatic heterocycles. The van der Waals surface area contributed by atoms with Crippen molar-refractivity contribution in [3.8, 4) is 0 Å². The minimum Gasteiger partial charge on any atom is -0.377 e. The van der Waals surface area contributed by atoms with E-state index in [1.54, 1.807) is 6.20 Å². The van der Waals surface area contributed by atoms with Crippen LogP contribution in [0.15, 0.2) is 30.5 Å². The molecule has 0 saturated carbocycles. The summed E-state index contributed by atoms with van der Waals surface area (Å²) >= 11 is 6.07. The first-order valence-corrected chi connectivity index (χ1v) is 5.34. The summed E-state index contributed by atoms with van der Waals surface area (Å²) in [7, 11) is 1.51. The number of Topliss-reactive ketones (excluding diaryl/α,β-unsaturated/α-hetero) is 1. The van der Waals surface area contributed by atoms with Crippen LogP contribution in [0.4, 0.5) is 0 Å². The molecule has 0 atom stereocenters. The zero-order valence-electron chi connectivity index (χ0n) is 8.94. The van der Waals surface area contributed by atoms with E-state index in [0.29, 0.717) is 11.6 Å². The van der Waals surface area contributed by atoms with Gasteiger partial charge in [-0.1, -0.05) is 29.8 Å². The average molecular weight is 238 g/mol. The fraction of sp³-hybridized carbons (Fsp3) is 0.250. The van der Waals surface area contributed by atoms with E-state index in [4.69, 9.17) is 16.3 Å². The summed E-state index contributed by atoms with van der Waals surface area (Å²) in [4.78, 5) is 11.5. The lowest BCUT2D eigenvalue weighted by atomic mass is 10.2. The number of methoxy groups -OCH3 is 1. The topological polar surface area (TPSA) is 31.2 Å². The van der Waals surface area contributed by atoms with Gasteiger partial charge in [0.25, 0.3) is 0 Å². The molecule has 3 nitrogen and oxygen atoms in total. The number of fused-ring (bicyclic) bond motifs is 1. The second kappa shape index (κ2) is 4.68. The number of ether oxygens (including phenoxy) is 1. The third-order valence-electron chi connectivity index (χ3n) is 2.39. The summed E-state index contributed by atoms with van der Waals surface area (Å²) in [6, 6.07) is 7.74. The standard InChI is InChI=1S/C12H12ClNO2/c1-16-8-9(15)6-14-7-11(13)10-4-2-3-5-12(10)14/h2-5,7H,6,8H2,1H3. The molecule has 0 unspecified atom stereocenters. The number of hydrogen-bond donors (Lipinski definition) is 0. The number of para-hydroxylation sites is 1. The number of aromatic nitrogens is 1. The Balaban J connectivity index is 2.34. The summed E-state index contributed by atoms with van der Waals surface area (Å²) in [5.41, 5.74) is 0.969. The summed E-state index contributed by atoms with van der Waals surface area (Å²) in [6.45, 7) is 0.422. The normalized spacial score (nSPS) is 10.9. The van der Waals surface area contributed by atoms with Crippen molar-refractivity contribution < 1.29 is 9.53 Å². The minimum atomic E-state index is 0.0277. The van der Waals surface area contributed by atoms with E-state index < -0.39 is 0 Å². The Morgan fingerprint density at radius 2 is 2.19 bits per heavy atom. The molecular formula is C12H12ClNO2. The molecule has 2 rings (SSSR count). The molecule has 0 aliphatic carbocycles. The van der Waals surface area contributed by atoms with Crippen LogP contribution in [0.2, 0.25) is 5.02 Å². The first-order chi connectivity index (χ1) is 7.72. The summed E-state index contributed by atoms with van der Waals surface area (Å²) in [5.74, 6) is 0.0277. The maximum atomic E-state index is 11.5. The van der Waals surface area contributed by atoms with E-state index in [1.807, 2.05) is 28.8 Å². The third-order valence-corrected chi connectivity index (χ3v) is 2.69. The average Bonchev–Trinajstić information content (AvgIpc) is 2.57. The molecule has 0 saturated heterocycles. The number of hydrogen-bond acceptors (Lipinski definition) is 2. The SMILES string of the molecule is COCC(=O)Cn1cc(Cl)c2ccccc21. The number of carbonyl (C=O) groups excluding carboxylic acids is 1. The van der Waals surface area contributed by atoms with E-state index in [0.717, 1.165) is 10.9 Å². The Hall–Kier alpha value is -1.32. The number of halogens is 1. The number of benzene rings is 1. The van der Waals surface area contributed by atoms with Gasteiger partial charge >= 0.3 is 0 Å². The van der Waals surface area contributed by atoms with E-state index >= 15 is 0 Å². The second-order valence-electron chi connectivity index (χ2n) is 3.59. The molecule has 0 aliphatic heterocycles. The molecule has 16 heavy (non-hydrogen) atoms. The smallest absolute Gasteiger partial charge is 0.178 e. The Kier molecular flexibility index (Phi) is 3.27. The maximum absolute atomic E-state index is 11.5. The van der Waals surface area contributed by atoms with Gasteiger partial charge in [0.05, 0.1) is 11.6 Å². The molecule has 0 fully saturated rings.